The van der Waals surface area contributed by atoms with Gasteiger partial charge in [0.2, 0.25) is 0 Å². The number of hydrogen-bond acceptors (Lipinski definition) is 4. The molecule has 1 fully saturated rings. The highest BCUT2D eigenvalue weighted by Crippen LogP contribution is 2.36. The van der Waals surface area contributed by atoms with Gasteiger partial charge in [0, 0.05) is 12.6 Å². The highest BCUT2D eigenvalue weighted by Gasteiger charge is 2.34. The molecule has 1 heterocycles. The fraction of sp³-hybridized carbons (Fsp3) is 0.333. The standard InChI is InChI=1S/C15H16N2O4S/c1-17-13(9-12(16-17)15(18)19)11-7-2-3-8-14(11)22(20,21)10-5-4-6-10/h2-3,7-10H,4-6H2,1H3,(H,18,19). The Morgan fingerprint density at radius 2 is 2.00 bits per heavy atom. The van der Waals surface area contributed by atoms with Gasteiger partial charge in [-0.1, -0.05) is 24.6 Å². The van der Waals surface area contributed by atoms with Gasteiger partial charge in [0.05, 0.1) is 15.8 Å². The van der Waals surface area contributed by atoms with Crippen molar-refractivity contribution in [2.45, 2.75) is 29.4 Å². The van der Waals surface area contributed by atoms with Crippen LogP contribution in [-0.2, 0) is 16.9 Å². The van der Waals surface area contributed by atoms with Gasteiger partial charge in [-0.2, -0.15) is 5.10 Å². The summed E-state index contributed by atoms with van der Waals surface area (Å²) < 4.78 is 26.8. The van der Waals surface area contributed by atoms with Crippen LogP contribution >= 0.6 is 0 Å². The van der Waals surface area contributed by atoms with Gasteiger partial charge in [0.1, 0.15) is 0 Å². The topological polar surface area (TPSA) is 89.3 Å². The number of rotatable bonds is 4. The first-order valence-electron chi connectivity index (χ1n) is 7.02. The number of aromatic carboxylic acids is 1. The van der Waals surface area contributed by atoms with E-state index in [4.69, 9.17) is 5.11 Å². The molecule has 1 N–H and O–H groups in total. The van der Waals surface area contributed by atoms with Crippen molar-refractivity contribution < 1.29 is 18.3 Å². The molecule has 0 unspecified atom stereocenters. The van der Waals surface area contributed by atoms with Gasteiger partial charge in [-0.25, -0.2) is 13.2 Å². The highest BCUT2D eigenvalue weighted by molar-refractivity contribution is 7.92. The molecule has 0 amide bonds. The first-order valence-corrected chi connectivity index (χ1v) is 8.56. The summed E-state index contributed by atoms with van der Waals surface area (Å²) in [5.41, 5.74) is 0.876. The lowest BCUT2D eigenvalue weighted by atomic mass is 10.00. The Hall–Kier alpha value is -2.15. The van der Waals surface area contributed by atoms with Gasteiger partial charge in [0.15, 0.2) is 15.5 Å². The van der Waals surface area contributed by atoms with Crippen molar-refractivity contribution in [3.8, 4) is 11.3 Å². The smallest absolute Gasteiger partial charge is 0.356 e. The van der Waals surface area contributed by atoms with Crippen LogP contribution in [0.2, 0.25) is 0 Å². The van der Waals surface area contributed by atoms with Crippen LogP contribution in [0.15, 0.2) is 35.2 Å². The minimum absolute atomic E-state index is 0.103. The normalized spacial score (nSPS) is 15.5. The van der Waals surface area contributed by atoms with E-state index in [0.29, 0.717) is 24.1 Å². The van der Waals surface area contributed by atoms with Crippen molar-refractivity contribution in [2.75, 3.05) is 0 Å². The van der Waals surface area contributed by atoms with Gasteiger partial charge >= 0.3 is 5.97 Å². The molecule has 0 atom stereocenters. The zero-order valence-electron chi connectivity index (χ0n) is 12.1. The van der Waals surface area contributed by atoms with E-state index in [1.807, 2.05) is 0 Å². The van der Waals surface area contributed by atoms with E-state index in [0.717, 1.165) is 6.42 Å². The third-order valence-electron chi connectivity index (χ3n) is 4.06. The predicted octanol–water partition coefficient (Wildman–Crippen LogP) is 2.11. The van der Waals surface area contributed by atoms with Crippen LogP contribution in [0.5, 0.6) is 0 Å². The maximum Gasteiger partial charge on any atom is 0.356 e. The van der Waals surface area contributed by atoms with Gasteiger partial charge in [-0.15, -0.1) is 0 Å². The SMILES string of the molecule is Cn1nc(C(=O)O)cc1-c1ccccc1S(=O)(=O)C1CCC1. The Balaban J connectivity index is 2.15. The molecule has 22 heavy (non-hydrogen) atoms. The quantitative estimate of drug-likeness (QED) is 0.932. The van der Waals surface area contributed by atoms with Crippen molar-refractivity contribution in [1.82, 2.24) is 9.78 Å². The van der Waals surface area contributed by atoms with E-state index in [9.17, 15) is 13.2 Å². The maximum atomic E-state index is 12.7. The lowest BCUT2D eigenvalue weighted by molar-refractivity contribution is 0.0689. The van der Waals surface area contributed by atoms with Crippen molar-refractivity contribution in [3.05, 3.63) is 36.0 Å². The van der Waals surface area contributed by atoms with Crippen molar-refractivity contribution in [1.29, 1.82) is 0 Å². The molecule has 0 bridgehead atoms. The lowest BCUT2D eigenvalue weighted by Gasteiger charge is -2.26. The van der Waals surface area contributed by atoms with E-state index >= 15 is 0 Å². The number of aryl methyl sites for hydroxylation is 1. The second-order valence-electron chi connectivity index (χ2n) is 5.44. The van der Waals surface area contributed by atoms with Crippen molar-refractivity contribution in [3.63, 3.8) is 0 Å². The third-order valence-corrected chi connectivity index (χ3v) is 6.38. The highest BCUT2D eigenvalue weighted by atomic mass is 32.2. The Kier molecular flexibility index (Phi) is 3.52. The number of nitrogens with zero attached hydrogens (tertiary/aromatic N) is 2. The molecule has 0 saturated heterocycles. The van der Waals surface area contributed by atoms with E-state index < -0.39 is 15.8 Å². The zero-order valence-corrected chi connectivity index (χ0v) is 12.9. The molecule has 7 heteroatoms. The molecule has 0 radical (unpaired) electrons. The minimum atomic E-state index is -3.40. The van der Waals surface area contributed by atoms with Crippen LogP contribution in [0, 0.1) is 0 Å². The monoisotopic (exact) mass is 320 g/mol. The van der Waals surface area contributed by atoms with Gasteiger partial charge in [0.25, 0.3) is 0 Å². The van der Waals surface area contributed by atoms with Crippen LogP contribution in [0.3, 0.4) is 0 Å². The summed E-state index contributed by atoms with van der Waals surface area (Å²) in [6.07, 6.45) is 2.30. The molecule has 2 aromatic rings. The number of sulfone groups is 1. The zero-order chi connectivity index (χ0) is 15.9. The second kappa shape index (κ2) is 5.24. The van der Waals surface area contributed by atoms with Gasteiger partial charge < -0.3 is 5.11 Å². The lowest BCUT2D eigenvalue weighted by Crippen LogP contribution is -2.28. The first-order chi connectivity index (χ1) is 10.4. The van der Waals surface area contributed by atoms with Crippen molar-refractivity contribution >= 4 is 15.8 Å². The summed E-state index contributed by atoms with van der Waals surface area (Å²) in [7, 11) is -1.79. The van der Waals surface area contributed by atoms with E-state index in [1.54, 1.807) is 31.3 Å². The average molecular weight is 320 g/mol. The van der Waals surface area contributed by atoms with Crippen molar-refractivity contribution in [2.24, 2.45) is 7.05 Å². The molecule has 1 aliphatic carbocycles. The summed E-state index contributed by atoms with van der Waals surface area (Å²) in [6.45, 7) is 0. The van der Waals surface area contributed by atoms with Gasteiger partial charge in [-0.3, -0.25) is 4.68 Å². The molecular weight excluding hydrogens is 304 g/mol. The van der Waals surface area contributed by atoms with E-state index in [1.165, 1.54) is 10.7 Å². The Morgan fingerprint density at radius 3 is 2.55 bits per heavy atom. The molecule has 0 spiro atoms. The molecular formula is C15H16N2O4S. The molecule has 1 aromatic heterocycles. The van der Waals surface area contributed by atoms with Crippen LogP contribution in [0.4, 0.5) is 0 Å². The number of hydrogen-bond donors (Lipinski definition) is 1. The fourth-order valence-corrected chi connectivity index (χ4v) is 4.67. The van der Waals surface area contributed by atoms with Crippen LogP contribution < -0.4 is 0 Å². The van der Waals surface area contributed by atoms with Gasteiger partial charge in [-0.05, 0) is 25.0 Å². The Morgan fingerprint density at radius 1 is 1.32 bits per heavy atom. The molecule has 0 aliphatic heterocycles. The average Bonchev–Trinajstić information content (AvgIpc) is 2.78. The summed E-state index contributed by atoms with van der Waals surface area (Å²) in [6, 6.07) is 8.09. The molecule has 1 aliphatic rings. The number of carboxylic acid groups (broad SMARTS) is 1. The van der Waals surface area contributed by atoms with Crippen LogP contribution in [-0.4, -0.2) is 34.5 Å². The number of benzene rings is 1. The van der Waals surface area contributed by atoms with E-state index in [-0.39, 0.29) is 15.8 Å². The summed E-state index contributed by atoms with van der Waals surface area (Å²) in [5, 5.41) is 12.6. The molecule has 116 valence electrons. The maximum absolute atomic E-state index is 12.7. The first kappa shape index (κ1) is 14.8. The number of carbonyl (C=O) groups is 1. The summed E-state index contributed by atoms with van der Waals surface area (Å²) in [4.78, 5) is 11.3. The second-order valence-corrected chi connectivity index (χ2v) is 7.63. The molecule has 3 rings (SSSR count). The van der Waals surface area contributed by atoms with Crippen LogP contribution in [0.25, 0.3) is 11.3 Å². The Bertz CT molecular complexity index is 835. The number of carboxylic acids is 1. The Labute approximate surface area is 128 Å². The summed E-state index contributed by atoms with van der Waals surface area (Å²) >= 11 is 0. The molecule has 1 saturated carbocycles. The third kappa shape index (κ3) is 2.31. The summed E-state index contributed by atoms with van der Waals surface area (Å²) in [5.74, 6) is -1.14. The van der Waals surface area contributed by atoms with E-state index in [2.05, 4.69) is 5.10 Å². The largest absolute Gasteiger partial charge is 0.476 e. The predicted molar refractivity (Wildman–Crippen MR) is 80.4 cm³/mol. The fourth-order valence-electron chi connectivity index (χ4n) is 2.61. The molecule has 6 nitrogen and oxygen atoms in total. The molecule has 1 aromatic carbocycles. The minimum Gasteiger partial charge on any atom is -0.476 e. The number of aromatic nitrogens is 2. The van der Waals surface area contributed by atoms with Crippen LogP contribution in [0.1, 0.15) is 29.8 Å².